The summed E-state index contributed by atoms with van der Waals surface area (Å²) >= 11 is 0. The molecule has 4 rings (SSSR count). The minimum Gasteiger partial charge on any atom is -0.398 e. The zero-order chi connectivity index (χ0) is 13.6. The van der Waals surface area contributed by atoms with E-state index in [1.165, 1.54) is 68.1 Å². The van der Waals surface area contributed by atoms with Crippen LogP contribution in [0.15, 0.2) is 24.3 Å². The molecular weight excluding hydrogens is 244 g/mol. The van der Waals surface area contributed by atoms with Gasteiger partial charge in [-0.3, -0.25) is 0 Å². The zero-order valence-corrected chi connectivity index (χ0v) is 12.4. The molecule has 1 saturated carbocycles. The quantitative estimate of drug-likeness (QED) is 0.655. The summed E-state index contributed by atoms with van der Waals surface area (Å²) in [5.74, 6) is 1.01. The van der Waals surface area contributed by atoms with Crippen LogP contribution >= 0.6 is 0 Å². The summed E-state index contributed by atoms with van der Waals surface area (Å²) in [5.41, 5.74) is 8.65. The van der Waals surface area contributed by atoms with Crippen molar-refractivity contribution in [1.29, 1.82) is 0 Å². The maximum absolute atomic E-state index is 6.24. The van der Waals surface area contributed by atoms with E-state index in [0.29, 0.717) is 0 Å². The van der Waals surface area contributed by atoms with Gasteiger partial charge in [0.05, 0.1) is 18.6 Å². The molecule has 3 fully saturated rings. The lowest BCUT2D eigenvalue weighted by Gasteiger charge is -2.48. The molecule has 1 aromatic carbocycles. The molecule has 2 atom stereocenters. The molecule has 2 heterocycles. The number of rotatable bonds is 4. The van der Waals surface area contributed by atoms with Crippen LogP contribution < -0.4 is 5.73 Å². The van der Waals surface area contributed by atoms with Gasteiger partial charge in [-0.05, 0) is 38.2 Å². The average molecular weight is 271 g/mol. The number of nitrogen functional groups attached to an aromatic ring is 1. The molecule has 2 saturated heterocycles. The average Bonchev–Trinajstić information content (AvgIpc) is 3.22. The summed E-state index contributed by atoms with van der Waals surface area (Å²) in [6.07, 6.45) is 10.2. The number of para-hydroxylation sites is 1. The van der Waals surface area contributed by atoms with Gasteiger partial charge in [-0.25, -0.2) is 0 Å². The second-order valence-electron chi connectivity index (χ2n) is 7.40. The molecule has 0 spiro atoms. The SMILES string of the molecule is Nc1ccccc1C[N+]1(CC2CC2)C2CCCC1CC2. The molecule has 2 bridgehead atoms. The monoisotopic (exact) mass is 271 g/mol. The van der Waals surface area contributed by atoms with Crippen LogP contribution in [0.5, 0.6) is 0 Å². The molecule has 2 N–H and O–H groups in total. The van der Waals surface area contributed by atoms with Crippen molar-refractivity contribution in [3.63, 3.8) is 0 Å². The van der Waals surface area contributed by atoms with Crippen LogP contribution in [0.3, 0.4) is 0 Å². The van der Waals surface area contributed by atoms with E-state index in [0.717, 1.165) is 23.7 Å². The van der Waals surface area contributed by atoms with Gasteiger partial charge < -0.3 is 10.2 Å². The Morgan fingerprint density at radius 2 is 1.65 bits per heavy atom. The number of nitrogens with two attached hydrogens (primary N) is 1. The first-order chi connectivity index (χ1) is 9.78. The Balaban J connectivity index is 1.66. The molecule has 1 aromatic rings. The topological polar surface area (TPSA) is 26.0 Å². The standard InChI is InChI=1S/C18H27N2/c19-18-7-2-1-4-15(18)13-20(12-14-8-9-14)16-5-3-6-17(20)11-10-16/h1-2,4,7,14,16-17H,3,5-6,8-13,19H2/q+1. The Morgan fingerprint density at radius 3 is 2.30 bits per heavy atom. The second kappa shape index (κ2) is 4.77. The van der Waals surface area contributed by atoms with Gasteiger partial charge in [0.15, 0.2) is 0 Å². The normalized spacial score (nSPS) is 36.2. The number of hydrogen-bond donors (Lipinski definition) is 1. The Morgan fingerprint density at radius 1 is 0.950 bits per heavy atom. The zero-order valence-electron chi connectivity index (χ0n) is 12.4. The van der Waals surface area contributed by atoms with Gasteiger partial charge in [0.25, 0.3) is 0 Å². The number of piperidine rings is 1. The van der Waals surface area contributed by atoms with Gasteiger partial charge in [-0.2, -0.15) is 0 Å². The number of nitrogens with zero attached hydrogens (tertiary/aromatic N) is 1. The Bertz CT molecular complexity index is 476. The van der Waals surface area contributed by atoms with Crippen LogP contribution in [0.1, 0.15) is 50.5 Å². The molecule has 20 heavy (non-hydrogen) atoms. The summed E-state index contributed by atoms with van der Waals surface area (Å²) in [6, 6.07) is 10.4. The highest BCUT2D eigenvalue weighted by Crippen LogP contribution is 2.47. The van der Waals surface area contributed by atoms with Crippen molar-refractivity contribution >= 4 is 5.69 Å². The summed E-state index contributed by atoms with van der Waals surface area (Å²) in [5, 5.41) is 0. The van der Waals surface area contributed by atoms with Crippen LogP contribution in [0.2, 0.25) is 0 Å². The predicted molar refractivity (Wildman–Crippen MR) is 83.1 cm³/mol. The molecule has 0 amide bonds. The third kappa shape index (κ3) is 2.05. The Kier molecular flexibility index (Phi) is 3.03. The molecule has 2 aliphatic heterocycles. The lowest BCUT2D eigenvalue weighted by atomic mass is 9.95. The minimum absolute atomic E-state index is 0.925. The van der Waals surface area contributed by atoms with E-state index in [2.05, 4.69) is 24.3 Å². The van der Waals surface area contributed by atoms with E-state index < -0.39 is 0 Å². The highest BCUT2D eigenvalue weighted by Gasteiger charge is 2.53. The largest absolute Gasteiger partial charge is 0.398 e. The smallest absolute Gasteiger partial charge is 0.107 e. The molecular formula is C18H27N2+. The first-order valence-corrected chi connectivity index (χ1v) is 8.48. The van der Waals surface area contributed by atoms with Crippen LogP contribution in [0, 0.1) is 5.92 Å². The van der Waals surface area contributed by atoms with Gasteiger partial charge in [0, 0.05) is 30.0 Å². The fourth-order valence-corrected chi connectivity index (χ4v) is 4.99. The number of benzene rings is 1. The molecule has 2 nitrogen and oxygen atoms in total. The lowest BCUT2D eigenvalue weighted by molar-refractivity contribution is -0.979. The number of quaternary nitrogens is 1. The van der Waals surface area contributed by atoms with E-state index >= 15 is 0 Å². The maximum Gasteiger partial charge on any atom is 0.107 e. The molecule has 2 heteroatoms. The van der Waals surface area contributed by atoms with E-state index in [-0.39, 0.29) is 0 Å². The first-order valence-electron chi connectivity index (χ1n) is 8.48. The fraction of sp³-hybridized carbons (Fsp3) is 0.667. The van der Waals surface area contributed by atoms with Crippen molar-refractivity contribution in [3.8, 4) is 0 Å². The van der Waals surface area contributed by atoms with Gasteiger partial charge >= 0.3 is 0 Å². The summed E-state index contributed by atoms with van der Waals surface area (Å²) < 4.78 is 1.39. The van der Waals surface area contributed by atoms with Crippen molar-refractivity contribution in [2.75, 3.05) is 12.3 Å². The summed E-state index contributed by atoms with van der Waals surface area (Å²) in [4.78, 5) is 0. The Hall–Kier alpha value is -1.02. The molecule has 1 aliphatic carbocycles. The van der Waals surface area contributed by atoms with Crippen LogP contribution in [-0.4, -0.2) is 23.1 Å². The minimum atomic E-state index is 0.925. The molecule has 0 aromatic heterocycles. The Labute approximate surface area is 122 Å². The number of anilines is 1. The molecule has 108 valence electrons. The van der Waals surface area contributed by atoms with E-state index in [4.69, 9.17) is 5.73 Å². The third-order valence-corrected chi connectivity index (χ3v) is 6.18. The van der Waals surface area contributed by atoms with Crippen LogP contribution in [-0.2, 0) is 6.54 Å². The van der Waals surface area contributed by atoms with Crippen molar-refractivity contribution in [2.45, 2.75) is 63.6 Å². The van der Waals surface area contributed by atoms with Crippen molar-refractivity contribution in [1.82, 2.24) is 0 Å². The van der Waals surface area contributed by atoms with Crippen molar-refractivity contribution in [2.24, 2.45) is 5.92 Å². The maximum atomic E-state index is 6.24. The second-order valence-corrected chi connectivity index (χ2v) is 7.40. The summed E-state index contributed by atoms with van der Waals surface area (Å²) in [6.45, 7) is 2.63. The van der Waals surface area contributed by atoms with E-state index in [1.54, 1.807) is 0 Å². The fourth-order valence-electron chi connectivity index (χ4n) is 4.99. The van der Waals surface area contributed by atoms with Gasteiger partial charge in [-0.1, -0.05) is 18.2 Å². The molecule has 3 aliphatic rings. The third-order valence-electron chi connectivity index (χ3n) is 6.18. The summed E-state index contributed by atoms with van der Waals surface area (Å²) in [7, 11) is 0. The van der Waals surface area contributed by atoms with Gasteiger partial charge in [0.1, 0.15) is 6.54 Å². The highest BCUT2D eigenvalue weighted by atomic mass is 15.4. The number of hydrogen-bond acceptors (Lipinski definition) is 1. The highest BCUT2D eigenvalue weighted by molar-refractivity contribution is 5.45. The van der Waals surface area contributed by atoms with Crippen molar-refractivity contribution < 1.29 is 4.48 Å². The first kappa shape index (κ1) is 12.7. The van der Waals surface area contributed by atoms with Gasteiger partial charge in [0.2, 0.25) is 0 Å². The van der Waals surface area contributed by atoms with E-state index in [9.17, 15) is 0 Å². The lowest BCUT2D eigenvalue weighted by Crippen LogP contribution is -2.59. The molecule has 0 radical (unpaired) electrons. The molecule has 2 unspecified atom stereocenters. The van der Waals surface area contributed by atoms with Crippen LogP contribution in [0.4, 0.5) is 5.69 Å². The van der Waals surface area contributed by atoms with Crippen LogP contribution in [0.25, 0.3) is 0 Å². The predicted octanol–water partition coefficient (Wildman–Crippen LogP) is 3.71. The van der Waals surface area contributed by atoms with Crippen molar-refractivity contribution in [3.05, 3.63) is 29.8 Å². The number of fused-ring (bicyclic) bond motifs is 2. The van der Waals surface area contributed by atoms with Gasteiger partial charge in [-0.15, -0.1) is 0 Å². The van der Waals surface area contributed by atoms with E-state index in [1.807, 2.05) is 0 Å².